The summed E-state index contributed by atoms with van der Waals surface area (Å²) in [4.78, 5) is 21.5. The van der Waals surface area contributed by atoms with Gasteiger partial charge in [0.15, 0.2) is 0 Å². The lowest BCUT2D eigenvalue weighted by Gasteiger charge is -2.16. The minimum Gasteiger partial charge on any atom is -0.491 e. The second kappa shape index (κ2) is 5.21. The highest BCUT2D eigenvalue weighted by Crippen LogP contribution is 2.37. The Morgan fingerprint density at radius 2 is 2.19 bits per heavy atom. The number of nitriles is 1. The standard InChI is InChI=1S/C16H16N2O3/c17-7-13-6-14(21-9-16(1-2-16)18-10-20)5-12-3-11(8-19)4-15(12)13/h5-6,8,10-11H,1-4,9H2,(H,18,20). The van der Waals surface area contributed by atoms with Crippen LogP contribution in [0.4, 0.5) is 0 Å². The third-order valence-corrected chi connectivity index (χ3v) is 4.31. The summed E-state index contributed by atoms with van der Waals surface area (Å²) in [6.07, 6.45) is 4.79. The average molecular weight is 284 g/mol. The Morgan fingerprint density at radius 3 is 2.81 bits per heavy atom. The number of rotatable bonds is 6. The topological polar surface area (TPSA) is 79.2 Å². The van der Waals surface area contributed by atoms with Gasteiger partial charge in [0.1, 0.15) is 18.6 Å². The highest BCUT2D eigenvalue weighted by atomic mass is 16.5. The highest BCUT2D eigenvalue weighted by molar-refractivity contribution is 5.61. The van der Waals surface area contributed by atoms with Gasteiger partial charge in [-0.1, -0.05) is 0 Å². The fraction of sp³-hybridized carbons (Fsp3) is 0.438. The molecule has 0 radical (unpaired) electrons. The van der Waals surface area contributed by atoms with E-state index >= 15 is 0 Å². The molecule has 108 valence electrons. The summed E-state index contributed by atoms with van der Waals surface area (Å²) in [6, 6.07) is 5.82. The molecule has 0 saturated heterocycles. The van der Waals surface area contributed by atoms with E-state index in [9.17, 15) is 14.9 Å². The zero-order valence-electron chi connectivity index (χ0n) is 11.6. The molecule has 1 fully saturated rings. The molecule has 1 aromatic carbocycles. The molecule has 1 unspecified atom stereocenters. The SMILES string of the molecule is N#Cc1cc(OCC2(NC=O)CC2)cc2c1CC(C=O)C2. The van der Waals surface area contributed by atoms with Gasteiger partial charge in [0.25, 0.3) is 0 Å². The molecule has 1 atom stereocenters. The van der Waals surface area contributed by atoms with Crippen molar-refractivity contribution in [3.8, 4) is 11.8 Å². The largest absolute Gasteiger partial charge is 0.491 e. The molecular formula is C16H16N2O3. The summed E-state index contributed by atoms with van der Waals surface area (Å²) in [6.45, 7) is 0.409. The van der Waals surface area contributed by atoms with Crippen LogP contribution in [0.3, 0.4) is 0 Å². The Balaban J connectivity index is 1.77. The number of aldehydes is 1. The van der Waals surface area contributed by atoms with Crippen LogP contribution in [-0.2, 0) is 22.4 Å². The molecule has 0 aliphatic heterocycles. The molecule has 21 heavy (non-hydrogen) atoms. The maximum absolute atomic E-state index is 10.9. The van der Waals surface area contributed by atoms with Crippen LogP contribution in [0.2, 0.25) is 0 Å². The molecule has 1 N–H and O–H groups in total. The van der Waals surface area contributed by atoms with Gasteiger partial charge in [-0.15, -0.1) is 0 Å². The first-order valence-corrected chi connectivity index (χ1v) is 7.05. The smallest absolute Gasteiger partial charge is 0.207 e. The van der Waals surface area contributed by atoms with Gasteiger partial charge in [0.05, 0.1) is 17.2 Å². The second-order valence-electron chi connectivity index (χ2n) is 5.86. The fourth-order valence-electron chi connectivity index (χ4n) is 2.85. The minimum atomic E-state index is -0.237. The van der Waals surface area contributed by atoms with Gasteiger partial charge in [-0.25, -0.2) is 0 Å². The van der Waals surface area contributed by atoms with Crippen LogP contribution in [0.5, 0.6) is 5.75 Å². The van der Waals surface area contributed by atoms with E-state index in [2.05, 4.69) is 11.4 Å². The molecule has 1 saturated carbocycles. The molecule has 5 heteroatoms. The summed E-state index contributed by atoms with van der Waals surface area (Å²) >= 11 is 0. The van der Waals surface area contributed by atoms with Crippen molar-refractivity contribution in [3.05, 3.63) is 28.8 Å². The van der Waals surface area contributed by atoms with Crippen molar-refractivity contribution in [1.29, 1.82) is 5.26 Å². The third kappa shape index (κ3) is 2.62. The van der Waals surface area contributed by atoms with E-state index in [-0.39, 0.29) is 11.5 Å². The fourth-order valence-corrected chi connectivity index (χ4v) is 2.85. The first kappa shape index (κ1) is 13.6. The van der Waals surface area contributed by atoms with E-state index in [0.717, 1.165) is 30.3 Å². The molecule has 2 aliphatic rings. The minimum absolute atomic E-state index is 0.0335. The number of fused-ring (bicyclic) bond motifs is 1. The number of benzene rings is 1. The van der Waals surface area contributed by atoms with E-state index in [1.807, 2.05) is 6.07 Å². The third-order valence-electron chi connectivity index (χ3n) is 4.31. The van der Waals surface area contributed by atoms with Crippen LogP contribution in [0.1, 0.15) is 29.5 Å². The predicted octanol–water partition coefficient (Wildman–Crippen LogP) is 1.13. The molecule has 1 amide bonds. The maximum atomic E-state index is 10.9. The normalized spacial score (nSPS) is 21.0. The monoisotopic (exact) mass is 284 g/mol. The van der Waals surface area contributed by atoms with Gasteiger partial charge >= 0.3 is 0 Å². The molecule has 0 heterocycles. The maximum Gasteiger partial charge on any atom is 0.207 e. The number of nitrogens with zero attached hydrogens (tertiary/aromatic N) is 1. The molecule has 0 bridgehead atoms. The van der Waals surface area contributed by atoms with Crippen molar-refractivity contribution in [1.82, 2.24) is 5.32 Å². The van der Waals surface area contributed by atoms with Gasteiger partial charge in [-0.3, -0.25) is 4.79 Å². The van der Waals surface area contributed by atoms with Crippen molar-refractivity contribution in [2.75, 3.05) is 6.61 Å². The van der Waals surface area contributed by atoms with Crippen LogP contribution in [0.15, 0.2) is 12.1 Å². The van der Waals surface area contributed by atoms with Crippen LogP contribution in [0.25, 0.3) is 0 Å². The molecule has 1 aromatic rings. The van der Waals surface area contributed by atoms with Crippen molar-refractivity contribution in [3.63, 3.8) is 0 Å². The van der Waals surface area contributed by atoms with Gasteiger partial charge in [0, 0.05) is 5.92 Å². The summed E-state index contributed by atoms with van der Waals surface area (Å²) in [5.41, 5.74) is 2.34. The van der Waals surface area contributed by atoms with Crippen molar-refractivity contribution >= 4 is 12.7 Å². The summed E-state index contributed by atoms with van der Waals surface area (Å²) < 4.78 is 5.76. The molecular weight excluding hydrogens is 268 g/mol. The zero-order valence-corrected chi connectivity index (χ0v) is 11.6. The van der Waals surface area contributed by atoms with Crippen LogP contribution in [-0.4, -0.2) is 24.8 Å². The lowest BCUT2D eigenvalue weighted by Crippen LogP contribution is -2.35. The van der Waals surface area contributed by atoms with Crippen LogP contribution < -0.4 is 10.1 Å². The van der Waals surface area contributed by atoms with E-state index in [1.165, 1.54) is 0 Å². The van der Waals surface area contributed by atoms with Gasteiger partial charge in [-0.2, -0.15) is 5.26 Å². The Kier molecular flexibility index (Phi) is 3.38. The van der Waals surface area contributed by atoms with Crippen LogP contribution in [0, 0.1) is 17.2 Å². The summed E-state index contributed by atoms with van der Waals surface area (Å²) in [5, 5.41) is 12.0. The first-order chi connectivity index (χ1) is 10.2. The predicted molar refractivity (Wildman–Crippen MR) is 74.8 cm³/mol. The Bertz CT molecular complexity index is 629. The number of carbonyl (C=O) groups is 2. The van der Waals surface area contributed by atoms with Gasteiger partial charge < -0.3 is 14.8 Å². The lowest BCUT2D eigenvalue weighted by molar-refractivity contribution is -0.111. The Morgan fingerprint density at radius 1 is 1.38 bits per heavy atom. The highest BCUT2D eigenvalue weighted by Gasteiger charge is 2.43. The number of carbonyl (C=O) groups excluding carboxylic acids is 2. The van der Waals surface area contributed by atoms with E-state index in [4.69, 9.17) is 4.74 Å². The van der Waals surface area contributed by atoms with Crippen molar-refractivity contribution in [2.45, 2.75) is 31.2 Å². The number of ether oxygens (including phenoxy) is 1. The molecule has 3 rings (SSSR count). The first-order valence-electron chi connectivity index (χ1n) is 7.05. The molecule has 0 aromatic heterocycles. The number of hydrogen-bond acceptors (Lipinski definition) is 4. The molecule has 2 aliphatic carbocycles. The Hall–Kier alpha value is -2.35. The Labute approximate surface area is 122 Å². The quantitative estimate of drug-likeness (QED) is 0.794. The van der Waals surface area contributed by atoms with Crippen molar-refractivity contribution < 1.29 is 14.3 Å². The number of amides is 1. The van der Waals surface area contributed by atoms with E-state index in [0.29, 0.717) is 37.2 Å². The number of hydrogen-bond donors (Lipinski definition) is 1. The summed E-state index contributed by atoms with van der Waals surface area (Å²) in [5.74, 6) is 0.602. The van der Waals surface area contributed by atoms with Crippen molar-refractivity contribution in [2.24, 2.45) is 5.92 Å². The van der Waals surface area contributed by atoms with E-state index < -0.39 is 0 Å². The van der Waals surface area contributed by atoms with Gasteiger partial charge in [-0.05, 0) is 48.9 Å². The van der Waals surface area contributed by atoms with E-state index in [1.54, 1.807) is 6.07 Å². The number of nitrogens with one attached hydrogen (secondary N) is 1. The average Bonchev–Trinajstić information content (AvgIpc) is 3.13. The molecule has 0 spiro atoms. The van der Waals surface area contributed by atoms with Gasteiger partial charge in [0.2, 0.25) is 6.41 Å². The zero-order chi connectivity index (χ0) is 14.9. The molecule has 5 nitrogen and oxygen atoms in total. The van der Waals surface area contributed by atoms with Crippen LogP contribution >= 0.6 is 0 Å². The summed E-state index contributed by atoms with van der Waals surface area (Å²) in [7, 11) is 0. The second-order valence-corrected chi connectivity index (χ2v) is 5.86. The lowest BCUT2D eigenvalue weighted by atomic mass is 10.0.